The van der Waals surface area contributed by atoms with Gasteiger partial charge in [0.25, 0.3) is 0 Å². The number of benzene rings is 2. The van der Waals surface area contributed by atoms with E-state index in [0.29, 0.717) is 11.4 Å². The number of halogens is 1. The number of hydrogen-bond acceptors (Lipinski definition) is 3. The summed E-state index contributed by atoms with van der Waals surface area (Å²) in [6.07, 6.45) is 0.855. The minimum absolute atomic E-state index is 0. The molecule has 2 aromatic carbocycles. The fourth-order valence-corrected chi connectivity index (χ4v) is 4.21. The number of likely N-dealkylation sites (N-methyl/N-ethyl adjacent to an activating group) is 1. The molecule has 23 heavy (non-hydrogen) atoms. The van der Waals surface area contributed by atoms with E-state index in [1.54, 1.807) is 25.2 Å². The molecule has 1 unspecified atom stereocenters. The lowest BCUT2D eigenvalue weighted by Crippen LogP contribution is -2.38. The van der Waals surface area contributed by atoms with Crippen molar-refractivity contribution in [2.45, 2.75) is 17.4 Å². The second-order valence-corrected chi connectivity index (χ2v) is 7.56. The Morgan fingerprint density at radius 3 is 2.39 bits per heavy atom. The van der Waals surface area contributed by atoms with Crippen molar-refractivity contribution in [1.82, 2.24) is 9.62 Å². The zero-order valence-electron chi connectivity index (χ0n) is 13.0. The van der Waals surface area contributed by atoms with E-state index in [9.17, 15) is 8.42 Å². The van der Waals surface area contributed by atoms with Gasteiger partial charge in [-0.3, -0.25) is 0 Å². The number of sulfonamides is 1. The highest BCUT2D eigenvalue weighted by atomic mass is 35.5. The van der Waals surface area contributed by atoms with E-state index in [0.717, 1.165) is 24.1 Å². The Morgan fingerprint density at radius 1 is 1.04 bits per heavy atom. The van der Waals surface area contributed by atoms with Crippen molar-refractivity contribution in [2.75, 3.05) is 20.1 Å². The first-order valence-corrected chi connectivity index (χ1v) is 8.87. The van der Waals surface area contributed by atoms with E-state index in [-0.39, 0.29) is 18.4 Å². The summed E-state index contributed by atoms with van der Waals surface area (Å²) in [7, 11) is -1.79. The molecule has 0 amide bonds. The van der Waals surface area contributed by atoms with Crippen LogP contribution < -0.4 is 5.32 Å². The van der Waals surface area contributed by atoms with E-state index < -0.39 is 10.0 Å². The summed E-state index contributed by atoms with van der Waals surface area (Å²) < 4.78 is 27.1. The molecule has 1 fully saturated rings. The van der Waals surface area contributed by atoms with Gasteiger partial charge in [0.15, 0.2) is 0 Å². The Labute approximate surface area is 144 Å². The van der Waals surface area contributed by atoms with Crippen LogP contribution >= 0.6 is 12.4 Å². The Morgan fingerprint density at radius 2 is 1.74 bits per heavy atom. The largest absolute Gasteiger partial charge is 0.315 e. The Balaban J connectivity index is 0.00000192. The molecule has 1 aliphatic heterocycles. The maximum Gasteiger partial charge on any atom is 0.243 e. The van der Waals surface area contributed by atoms with Crippen LogP contribution in [-0.4, -0.2) is 38.9 Å². The van der Waals surface area contributed by atoms with Gasteiger partial charge >= 0.3 is 0 Å². The second kappa shape index (κ2) is 7.45. The molecule has 3 rings (SSSR count). The fourth-order valence-electron chi connectivity index (χ4n) is 2.78. The quantitative estimate of drug-likeness (QED) is 0.920. The first-order valence-electron chi connectivity index (χ1n) is 7.43. The van der Waals surface area contributed by atoms with Gasteiger partial charge in [-0.15, -0.1) is 12.4 Å². The molecule has 2 aromatic rings. The highest BCUT2D eigenvalue weighted by Gasteiger charge is 2.29. The van der Waals surface area contributed by atoms with Gasteiger partial charge in [0.2, 0.25) is 10.0 Å². The number of hydrogen-bond donors (Lipinski definition) is 1. The lowest BCUT2D eigenvalue weighted by atomic mass is 10.1. The van der Waals surface area contributed by atoms with Crippen LogP contribution in [0.1, 0.15) is 6.42 Å². The van der Waals surface area contributed by atoms with E-state index in [2.05, 4.69) is 5.32 Å². The van der Waals surface area contributed by atoms with Crippen LogP contribution in [0, 0.1) is 0 Å². The van der Waals surface area contributed by atoms with Crippen molar-refractivity contribution in [1.29, 1.82) is 0 Å². The number of nitrogens with one attached hydrogen (secondary N) is 1. The molecule has 0 spiro atoms. The molecular formula is C17H21ClN2O2S. The molecule has 0 bridgehead atoms. The van der Waals surface area contributed by atoms with E-state index in [1.807, 2.05) is 36.4 Å². The molecule has 0 aliphatic carbocycles. The van der Waals surface area contributed by atoms with Crippen LogP contribution in [0.15, 0.2) is 59.5 Å². The Hall–Kier alpha value is -1.40. The minimum Gasteiger partial charge on any atom is -0.315 e. The van der Waals surface area contributed by atoms with Gasteiger partial charge < -0.3 is 5.32 Å². The third-order valence-electron chi connectivity index (χ3n) is 4.17. The summed E-state index contributed by atoms with van der Waals surface area (Å²) in [5.74, 6) is 0. The summed E-state index contributed by atoms with van der Waals surface area (Å²) in [5, 5.41) is 3.21. The summed E-state index contributed by atoms with van der Waals surface area (Å²) in [6.45, 7) is 1.59. The summed E-state index contributed by atoms with van der Waals surface area (Å²) in [4.78, 5) is 0.350. The molecule has 1 N–H and O–H groups in total. The molecule has 124 valence electrons. The van der Waals surface area contributed by atoms with Gasteiger partial charge in [-0.05, 0) is 36.2 Å². The molecular weight excluding hydrogens is 332 g/mol. The van der Waals surface area contributed by atoms with Crippen LogP contribution in [0.4, 0.5) is 0 Å². The first kappa shape index (κ1) is 17.9. The summed E-state index contributed by atoms with van der Waals surface area (Å²) in [6, 6.07) is 17.0. The predicted molar refractivity (Wildman–Crippen MR) is 95.3 cm³/mol. The van der Waals surface area contributed by atoms with Gasteiger partial charge in [0, 0.05) is 19.6 Å². The highest BCUT2D eigenvalue weighted by molar-refractivity contribution is 7.89. The van der Waals surface area contributed by atoms with Gasteiger partial charge in [0.05, 0.1) is 4.90 Å². The smallest absolute Gasteiger partial charge is 0.243 e. The van der Waals surface area contributed by atoms with Crippen molar-refractivity contribution in [3.63, 3.8) is 0 Å². The standard InChI is InChI=1S/C17H20N2O2S.ClH/c1-19(16-10-11-18-13-16)22(20,21)17-9-5-8-15(12-17)14-6-3-2-4-7-14;/h2-9,12,16,18H,10-11,13H2,1H3;1H. The first-order chi connectivity index (χ1) is 10.6. The molecule has 1 heterocycles. The number of rotatable bonds is 4. The van der Waals surface area contributed by atoms with Crippen molar-refractivity contribution >= 4 is 22.4 Å². The highest BCUT2D eigenvalue weighted by Crippen LogP contribution is 2.25. The fraction of sp³-hybridized carbons (Fsp3) is 0.294. The molecule has 1 aliphatic rings. The summed E-state index contributed by atoms with van der Waals surface area (Å²) >= 11 is 0. The van der Waals surface area contributed by atoms with E-state index in [1.165, 1.54) is 4.31 Å². The van der Waals surface area contributed by atoms with Gasteiger partial charge in [0.1, 0.15) is 0 Å². The molecule has 0 radical (unpaired) electrons. The lowest BCUT2D eigenvalue weighted by molar-refractivity contribution is 0.388. The van der Waals surface area contributed by atoms with Crippen LogP contribution in [0.5, 0.6) is 0 Å². The Kier molecular flexibility index (Phi) is 5.81. The Bertz CT molecular complexity index is 744. The SMILES string of the molecule is CN(C1CCNC1)S(=O)(=O)c1cccc(-c2ccccc2)c1.Cl. The average molecular weight is 353 g/mol. The average Bonchev–Trinajstić information content (AvgIpc) is 3.09. The zero-order valence-corrected chi connectivity index (χ0v) is 14.6. The van der Waals surface area contributed by atoms with Crippen molar-refractivity contribution < 1.29 is 8.42 Å². The van der Waals surface area contributed by atoms with Gasteiger partial charge in [-0.25, -0.2) is 8.42 Å². The molecule has 6 heteroatoms. The lowest BCUT2D eigenvalue weighted by Gasteiger charge is -2.23. The molecule has 1 saturated heterocycles. The molecule has 4 nitrogen and oxygen atoms in total. The molecule has 0 saturated carbocycles. The van der Waals surface area contributed by atoms with Crippen LogP contribution in [0.3, 0.4) is 0 Å². The van der Waals surface area contributed by atoms with E-state index in [4.69, 9.17) is 0 Å². The monoisotopic (exact) mass is 352 g/mol. The minimum atomic E-state index is -3.46. The van der Waals surface area contributed by atoms with Crippen molar-refractivity contribution in [3.05, 3.63) is 54.6 Å². The maximum atomic E-state index is 12.8. The second-order valence-electron chi connectivity index (χ2n) is 5.56. The van der Waals surface area contributed by atoms with Crippen LogP contribution in [0.25, 0.3) is 11.1 Å². The van der Waals surface area contributed by atoms with Crippen LogP contribution in [0.2, 0.25) is 0 Å². The molecule has 0 aromatic heterocycles. The van der Waals surface area contributed by atoms with Crippen LogP contribution in [-0.2, 0) is 10.0 Å². The third-order valence-corrected chi connectivity index (χ3v) is 6.07. The van der Waals surface area contributed by atoms with Crippen molar-refractivity contribution in [3.8, 4) is 11.1 Å². The number of nitrogens with zero attached hydrogens (tertiary/aromatic N) is 1. The van der Waals surface area contributed by atoms with E-state index >= 15 is 0 Å². The predicted octanol–water partition coefficient (Wildman–Crippen LogP) is 2.76. The maximum absolute atomic E-state index is 12.8. The molecule has 1 atom stereocenters. The summed E-state index contributed by atoms with van der Waals surface area (Å²) in [5.41, 5.74) is 1.93. The van der Waals surface area contributed by atoms with Gasteiger partial charge in [-0.1, -0.05) is 42.5 Å². The topological polar surface area (TPSA) is 49.4 Å². The third kappa shape index (κ3) is 3.75. The van der Waals surface area contributed by atoms with Gasteiger partial charge in [-0.2, -0.15) is 4.31 Å². The van der Waals surface area contributed by atoms with Crippen molar-refractivity contribution in [2.24, 2.45) is 0 Å². The zero-order chi connectivity index (χ0) is 15.6. The normalized spacial score (nSPS) is 17.9.